The first-order valence-electron chi connectivity index (χ1n) is 6.54. The molecular formula is C15H18F3N. The minimum absolute atomic E-state index is 0.583. The summed E-state index contributed by atoms with van der Waals surface area (Å²) in [5.41, 5.74) is 0.289. The number of halogens is 3. The summed E-state index contributed by atoms with van der Waals surface area (Å²) in [4.78, 5) is 0. The molecule has 0 aliphatic carbocycles. The number of aryl methyl sites for hydroxylation is 1. The van der Waals surface area contributed by atoms with Gasteiger partial charge in [0.2, 0.25) is 0 Å². The van der Waals surface area contributed by atoms with Crippen LogP contribution in [-0.4, -0.2) is 4.57 Å². The first-order chi connectivity index (χ1) is 8.88. The molecule has 0 fully saturated rings. The van der Waals surface area contributed by atoms with Crippen LogP contribution in [0.15, 0.2) is 30.5 Å². The summed E-state index contributed by atoms with van der Waals surface area (Å²) in [5, 5.41) is 0.652. The fraction of sp³-hybridized carbons (Fsp3) is 0.467. The largest absolute Gasteiger partial charge is 0.416 e. The summed E-state index contributed by atoms with van der Waals surface area (Å²) in [7, 11) is 0. The van der Waals surface area contributed by atoms with Crippen LogP contribution in [0.4, 0.5) is 13.2 Å². The van der Waals surface area contributed by atoms with Crippen LogP contribution >= 0.6 is 0 Å². The Morgan fingerprint density at radius 2 is 1.89 bits per heavy atom. The van der Waals surface area contributed by atoms with E-state index in [1.165, 1.54) is 6.07 Å². The number of nitrogens with zero attached hydrogens (tertiary/aromatic N) is 1. The Bertz CT molecular complexity index is 552. The highest BCUT2D eigenvalue weighted by Gasteiger charge is 2.30. The van der Waals surface area contributed by atoms with Crippen molar-refractivity contribution >= 4 is 10.9 Å². The molecule has 1 aromatic heterocycles. The standard InChI is InChI=1S/C15H18F3N/c1-11(2)4-3-8-19-9-7-12-10-13(15(16,17)18)5-6-14(12)19/h5-7,9-11H,3-4,8H2,1-2H3. The Hall–Kier alpha value is -1.45. The van der Waals surface area contributed by atoms with Gasteiger partial charge >= 0.3 is 6.18 Å². The summed E-state index contributed by atoms with van der Waals surface area (Å²) in [6.07, 6.45) is -0.234. The Balaban J connectivity index is 2.20. The summed E-state index contributed by atoms with van der Waals surface area (Å²) in [6.45, 7) is 5.19. The van der Waals surface area contributed by atoms with Crippen molar-refractivity contribution in [2.24, 2.45) is 5.92 Å². The molecule has 0 amide bonds. The number of fused-ring (bicyclic) bond motifs is 1. The lowest BCUT2D eigenvalue weighted by atomic mass is 10.1. The topological polar surface area (TPSA) is 4.93 Å². The van der Waals surface area contributed by atoms with Gasteiger partial charge in [-0.05, 0) is 43.0 Å². The van der Waals surface area contributed by atoms with Crippen molar-refractivity contribution in [1.82, 2.24) is 4.57 Å². The minimum Gasteiger partial charge on any atom is -0.347 e. The average Bonchev–Trinajstić information content (AvgIpc) is 2.70. The van der Waals surface area contributed by atoms with Crippen molar-refractivity contribution in [3.63, 3.8) is 0 Å². The number of hydrogen-bond donors (Lipinski definition) is 0. The Morgan fingerprint density at radius 3 is 2.53 bits per heavy atom. The summed E-state index contributed by atoms with van der Waals surface area (Å²) in [6, 6.07) is 5.68. The highest BCUT2D eigenvalue weighted by atomic mass is 19.4. The normalized spacial score (nSPS) is 12.5. The molecule has 0 atom stereocenters. The van der Waals surface area contributed by atoms with Gasteiger partial charge in [0.05, 0.1) is 5.56 Å². The molecule has 2 aromatic rings. The van der Waals surface area contributed by atoms with Gasteiger partial charge in [-0.2, -0.15) is 13.2 Å². The zero-order valence-corrected chi connectivity index (χ0v) is 11.2. The maximum Gasteiger partial charge on any atom is 0.416 e. The number of rotatable bonds is 4. The van der Waals surface area contributed by atoms with Crippen molar-refractivity contribution in [1.29, 1.82) is 0 Å². The third-order valence-electron chi connectivity index (χ3n) is 3.28. The third-order valence-corrected chi connectivity index (χ3v) is 3.28. The van der Waals surface area contributed by atoms with Gasteiger partial charge in [-0.25, -0.2) is 0 Å². The van der Waals surface area contributed by atoms with Gasteiger partial charge in [-0.15, -0.1) is 0 Å². The van der Waals surface area contributed by atoms with Gasteiger partial charge < -0.3 is 4.57 Å². The number of benzene rings is 1. The fourth-order valence-electron chi connectivity index (χ4n) is 2.24. The Kier molecular flexibility index (Phi) is 3.88. The van der Waals surface area contributed by atoms with Crippen LogP contribution < -0.4 is 0 Å². The molecule has 0 spiro atoms. The number of hydrogen-bond acceptors (Lipinski definition) is 0. The molecule has 1 heterocycles. The number of aromatic nitrogens is 1. The quantitative estimate of drug-likeness (QED) is 0.728. The van der Waals surface area contributed by atoms with E-state index < -0.39 is 11.7 Å². The molecule has 2 rings (SSSR count). The average molecular weight is 269 g/mol. The molecule has 0 saturated heterocycles. The number of alkyl halides is 3. The first-order valence-corrected chi connectivity index (χ1v) is 6.54. The van der Waals surface area contributed by atoms with Crippen LogP contribution in [0.3, 0.4) is 0 Å². The first kappa shape index (κ1) is 14.0. The van der Waals surface area contributed by atoms with Crippen LogP contribution in [0.2, 0.25) is 0 Å². The SMILES string of the molecule is CC(C)CCCn1ccc2cc(C(F)(F)F)ccc21. The minimum atomic E-state index is -4.27. The molecule has 1 aromatic carbocycles. The molecule has 0 bridgehead atoms. The van der Waals surface area contributed by atoms with Crippen LogP contribution in [0.25, 0.3) is 10.9 Å². The zero-order valence-electron chi connectivity index (χ0n) is 11.2. The predicted molar refractivity (Wildman–Crippen MR) is 71.0 cm³/mol. The lowest BCUT2D eigenvalue weighted by molar-refractivity contribution is -0.137. The Morgan fingerprint density at radius 1 is 1.16 bits per heavy atom. The molecule has 0 aliphatic heterocycles. The second-order valence-corrected chi connectivity index (χ2v) is 5.32. The van der Waals surface area contributed by atoms with Crippen molar-refractivity contribution in [3.8, 4) is 0 Å². The second kappa shape index (κ2) is 5.27. The lowest BCUT2D eigenvalue weighted by Gasteiger charge is -2.09. The van der Waals surface area contributed by atoms with Crippen LogP contribution in [0.1, 0.15) is 32.3 Å². The van der Waals surface area contributed by atoms with Crippen LogP contribution in [0, 0.1) is 5.92 Å². The fourth-order valence-corrected chi connectivity index (χ4v) is 2.24. The van der Waals surface area contributed by atoms with Crippen molar-refractivity contribution < 1.29 is 13.2 Å². The molecule has 19 heavy (non-hydrogen) atoms. The van der Waals surface area contributed by atoms with Gasteiger partial charge in [-0.1, -0.05) is 13.8 Å². The third kappa shape index (κ3) is 3.31. The monoisotopic (exact) mass is 269 g/mol. The van der Waals surface area contributed by atoms with E-state index in [-0.39, 0.29) is 0 Å². The molecule has 0 radical (unpaired) electrons. The lowest BCUT2D eigenvalue weighted by Crippen LogP contribution is -2.04. The van der Waals surface area contributed by atoms with E-state index in [0.29, 0.717) is 11.3 Å². The van der Waals surface area contributed by atoms with Gasteiger partial charge in [0.1, 0.15) is 0 Å². The zero-order chi connectivity index (χ0) is 14.0. The summed E-state index contributed by atoms with van der Waals surface area (Å²) >= 11 is 0. The van der Waals surface area contributed by atoms with Gasteiger partial charge in [-0.3, -0.25) is 0 Å². The van der Waals surface area contributed by atoms with E-state index in [4.69, 9.17) is 0 Å². The second-order valence-electron chi connectivity index (χ2n) is 5.32. The molecule has 1 nitrogen and oxygen atoms in total. The van der Waals surface area contributed by atoms with Crippen molar-refractivity contribution in [2.45, 2.75) is 39.4 Å². The molecule has 4 heteroatoms. The molecule has 104 valence electrons. The van der Waals surface area contributed by atoms with Crippen molar-refractivity contribution in [3.05, 3.63) is 36.0 Å². The van der Waals surface area contributed by atoms with E-state index in [9.17, 15) is 13.2 Å². The molecular weight excluding hydrogens is 251 g/mol. The van der Waals surface area contributed by atoms with E-state index in [0.717, 1.165) is 31.0 Å². The summed E-state index contributed by atoms with van der Waals surface area (Å²) in [5.74, 6) is 0.652. The van der Waals surface area contributed by atoms with Crippen LogP contribution in [-0.2, 0) is 12.7 Å². The molecule has 0 saturated carbocycles. The van der Waals surface area contributed by atoms with E-state index in [1.807, 2.05) is 10.8 Å². The van der Waals surface area contributed by atoms with Gasteiger partial charge in [0.25, 0.3) is 0 Å². The van der Waals surface area contributed by atoms with E-state index >= 15 is 0 Å². The van der Waals surface area contributed by atoms with Gasteiger partial charge in [0.15, 0.2) is 0 Å². The van der Waals surface area contributed by atoms with Gasteiger partial charge in [0, 0.05) is 23.6 Å². The highest BCUT2D eigenvalue weighted by molar-refractivity contribution is 5.81. The Labute approximate surface area is 111 Å². The maximum atomic E-state index is 12.6. The maximum absolute atomic E-state index is 12.6. The smallest absolute Gasteiger partial charge is 0.347 e. The van der Waals surface area contributed by atoms with Crippen molar-refractivity contribution in [2.75, 3.05) is 0 Å². The van der Waals surface area contributed by atoms with Crippen LogP contribution in [0.5, 0.6) is 0 Å². The summed E-state index contributed by atoms with van der Waals surface area (Å²) < 4.78 is 39.8. The van der Waals surface area contributed by atoms with E-state index in [2.05, 4.69) is 13.8 Å². The van der Waals surface area contributed by atoms with E-state index in [1.54, 1.807) is 12.1 Å². The molecule has 0 N–H and O–H groups in total. The molecule has 0 aliphatic rings. The molecule has 0 unspecified atom stereocenters. The predicted octanol–water partition coefficient (Wildman–Crippen LogP) is 5.10. The highest BCUT2D eigenvalue weighted by Crippen LogP contribution is 2.31.